The molecule has 0 fully saturated rings. The molecule has 0 radical (unpaired) electrons. The molecule has 0 saturated heterocycles. The van der Waals surface area contributed by atoms with Crippen LogP contribution >= 0.6 is 0 Å². The standard InChI is InChI=1S/C21H17N3O3/c1-2-23-19-10-8-15(22-21(25)14-6-4-3-5-7-14)12-17(19)18-13-16(24(26)27)9-11-20(18)23/h3-13H,2H2,1H3,(H,22,25). The number of nitrogens with zero attached hydrogens (tertiary/aromatic N) is 2. The highest BCUT2D eigenvalue weighted by Crippen LogP contribution is 2.33. The molecule has 1 heterocycles. The summed E-state index contributed by atoms with van der Waals surface area (Å²) in [5.74, 6) is -0.194. The van der Waals surface area contributed by atoms with Crippen molar-refractivity contribution in [3.8, 4) is 0 Å². The van der Waals surface area contributed by atoms with Crippen LogP contribution in [-0.4, -0.2) is 15.4 Å². The summed E-state index contributed by atoms with van der Waals surface area (Å²) in [5.41, 5.74) is 3.19. The van der Waals surface area contributed by atoms with Crippen LogP contribution in [0.25, 0.3) is 21.8 Å². The molecule has 1 N–H and O–H groups in total. The molecule has 6 nitrogen and oxygen atoms in total. The van der Waals surface area contributed by atoms with E-state index < -0.39 is 4.92 Å². The summed E-state index contributed by atoms with van der Waals surface area (Å²) in [6.07, 6.45) is 0. The van der Waals surface area contributed by atoms with Gasteiger partial charge in [-0.15, -0.1) is 0 Å². The number of anilines is 1. The van der Waals surface area contributed by atoms with Crippen molar-refractivity contribution in [2.45, 2.75) is 13.5 Å². The Hall–Kier alpha value is -3.67. The van der Waals surface area contributed by atoms with E-state index in [2.05, 4.69) is 9.88 Å². The zero-order valence-electron chi connectivity index (χ0n) is 14.7. The van der Waals surface area contributed by atoms with Gasteiger partial charge in [0.2, 0.25) is 0 Å². The molecule has 6 heteroatoms. The van der Waals surface area contributed by atoms with Crippen LogP contribution in [-0.2, 0) is 6.54 Å². The van der Waals surface area contributed by atoms with E-state index in [0.29, 0.717) is 11.3 Å². The normalized spacial score (nSPS) is 11.0. The Bertz CT molecular complexity index is 1180. The van der Waals surface area contributed by atoms with Gasteiger partial charge in [-0.05, 0) is 43.3 Å². The maximum atomic E-state index is 12.4. The summed E-state index contributed by atoms with van der Waals surface area (Å²) < 4.78 is 2.11. The lowest BCUT2D eigenvalue weighted by molar-refractivity contribution is -0.384. The van der Waals surface area contributed by atoms with Crippen molar-refractivity contribution in [2.24, 2.45) is 0 Å². The number of carbonyl (C=O) groups excluding carboxylic acids is 1. The van der Waals surface area contributed by atoms with Gasteiger partial charge in [0.1, 0.15) is 0 Å². The Kier molecular flexibility index (Phi) is 4.08. The fraction of sp³-hybridized carbons (Fsp3) is 0.0952. The number of amides is 1. The lowest BCUT2D eigenvalue weighted by atomic mass is 10.1. The zero-order chi connectivity index (χ0) is 19.0. The van der Waals surface area contributed by atoms with Crippen molar-refractivity contribution in [1.29, 1.82) is 0 Å². The summed E-state index contributed by atoms with van der Waals surface area (Å²) in [6.45, 7) is 2.78. The van der Waals surface area contributed by atoms with E-state index >= 15 is 0 Å². The largest absolute Gasteiger partial charge is 0.341 e. The first-order valence-corrected chi connectivity index (χ1v) is 8.65. The number of hydrogen-bond acceptors (Lipinski definition) is 3. The van der Waals surface area contributed by atoms with Crippen molar-refractivity contribution in [3.05, 3.63) is 82.4 Å². The molecule has 0 aliphatic rings. The number of rotatable bonds is 4. The molecule has 4 rings (SSSR count). The highest BCUT2D eigenvalue weighted by molar-refractivity contribution is 6.11. The summed E-state index contributed by atoms with van der Waals surface area (Å²) in [4.78, 5) is 23.2. The number of fused-ring (bicyclic) bond motifs is 3. The number of nitrogens with one attached hydrogen (secondary N) is 1. The molecular weight excluding hydrogens is 342 g/mol. The number of aromatic nitrogens is 1. The zero-order valence-corrected chi connectivity index (χ0v) is 14.7. The van der Waals surface area contributed by atoms with Crippen LogP contribution in [0.4, 0.5) is 11.4 Å². The van der Waals surface area contributed by atoms with Gasteiger partial charge in [0.15, 0.2) is 0 Å². The number of nitro benzene ring substituents is 1. The number of hydrogen-bond donors (Lipinski definition) is 1. The topological polar surface area (TPSA) is 77.2 Å². The number of carbonyl (C=O) groups is 1. The molecule has 0 bridgehead atoms. The maximum Gasteiger partial charge on any atom is 0.270 e. The molecule has 0 unspecified atom stereocenters. The van der Waals surface area contributed by atoms with Gasteiger partial charge in [0.05, 0.1) is 4.92 Å². The second kappa shape index (κ2) is 6.57. The Balaban J connectivity index is 1.83. The van der Waals surface area contributed by atoms with E-state index in [1.54, 1.807) is 24.3 Å². The van der Waals surface area contributed by atoms with E-state index in [1.807, 2.05) is 43.3 Å². The summed E-state index contributed by atoms with van der Waals surface area (Å²) in [7, 11) is 0. The van der Waals surface area contributed by atoms with E-state index in [4.69, 9.17) is 0 Å². The third kappa shape index (κ3) is 2.91. The Morgan fingerprint density at radius 3 is 2.33 bits per heavy atom. The van der Waals surface area contributed by atoms with Crippen molar-refractivity contribution in [1.82, 2.24) is 4.57 Å². The van der Waals surface area contributed by atoms with Crippen LogP contribution in [0, 0.1) is 10.1 Å². The smallest absolute Gasteiger partial charge is 0.270 e. The van der Waals surface area contributed by atoms with Crippen molar-refractivity contribution in [3.63, 3.8) is 0 Å². The number of non-ortho nitro benzene ring substituents is 1. The molecule has 134 valence electrons. The first kappa shape index (κ1) is 16.8. The van der Waals surface area contributed by atoms with Gasteiger partial charge >= 0.3 is 0 Å². The second-order valence-electron chi connectivity index (χ2n) is 6.25. The van der Waals surface area contributed by atoms with E-state index in [-0.39, 0.29) is 11.6 Å². The van der Waals surface area contributed by atoms with Crippen LogP contribution in [0.5, 0.6) is 0 Å². The minimum atomic E-state index is -0.393. The first-order valence-electron chi connectivity index (χ1n) is 8.65. The fourth-order valence-corrected chi connectivity index (χ4v) is 3.42. The predicted octanol–water partition coefficient (Wildman–Crippen LogP) is 4.97. The van der Waals surface area contributed by atoms with Crippen LogP contribution in [0.1, 0.15) is 17.3 Å². The summed E-state index contributed by atoms with van der Waals surface area (Å²) in [6, 6.07) is 19.5. The molecular formula is C21H17N3O3. The van der Waals surface area contributed by atoms with Crippen molar-refractivity contribution >= 4 is 39.1 Å². The van der Waals surface area contributed by atoms with Gasteiger partial charge in [-0.1, -0.05) is 18.2 Å². The minimum absolute atomic E-state index is 0.0522. The third-order valence-electron chi connectivity index (χ3n) is 4.67. The predicted molar refractivity (Wildman–Crippen MR) is 106 cm³/mol. The van der Waals surface area contributed by atoms with Gasteiger partial charge < -0.3 is 9.88 Å². The van der Waals surface area contributed by atoms with Gasteiger partial charge in [0.25, 0.3) is 11.6 Å². The van der Waals surface area contributed by atoms with Crippen LogP contribution in [0.15, 0.2) is 66.7 Å². The molecule has 0 aliphatic heterocycles. The van der Waals surface area contributed by atoms with Gasteiger partial charge in [-0.3, -0.25) is 14.9 Å². The second-order valence-corrected chi connectivity index (χ2v) is 6.25. The van der Waals surface area contributed by atoms with Crippen molar-refractivity contribution < 1.29 is 9.72 Å². The van der Waals surface area contributed by atoms with E-state index in [1.165, 1.54) is 6.07 Å². The molecule has 3 aromatic carbocycles. The Labute approximate surface area is 155 Å². The van der Waals surface area contributed by atoms with Gasteiger partial charge in [-0.2, -0.15) is 0 Å². The average Bonchev–Trinajstić information content (AvgIpc) is 3.01. The van der Waals surface area contributed by atoms with Crippen LogP contribution in [0.3, 0.4) is 0 Å². The lowest BCUT2D eigenvalue weighted by Crippen LogP contribution is -2.11. The van der Waals surface area contributed by atoms with E-state index in [9.17, 15) is 14.9 Å². The highest BCUT2D eigenvalue weighted by Gasteiger charge is 2.15. The average molecular weight is 359 g/mol. The van der Waals surface area contributed by atoms with Crippen molar-refractivity contribution in [2.75, 3.05) is 5.32 Å². The Morgan fingerprint density at radius 2 is 1.67 bits per heavy atom. The molecule has 1 amide bonds. The highest BCUT2D eigenvalue weighted by atomic mass is 16.6. The minimum Gasteiger partial charge on any atom is -0.341 e. The molecule has 0 saturated carbocycles. The molecule has 0 aliphatic carbocycles. The first-order chi connectivity index (χ1) is 13.1. The molecule has 27 heavy (non-hydrogen) atoms. The molecule has 4 aromatic rings. The lowest BCUT2D eigenvalue weighted by Gasteiger charge is -2.06. The maximum absolute atomic E-state index is 12.4. The monoisotopic (exact) mass is 359 g/mol. The quantitative estimate of drug-likeness (QED) is 0.412. The number of nitro groups is 1. The van der Waals surface area contributed by atoms with Gasteiger partial charge in [0, 0.05) is 51.7 Å². The SMILES string of the molecule is CCn1c2ccc(NC(=O)c3ccccc3)cc2c2cc([N+](=O)[O-])ccc21. The third-order valence-corrected chi connectivity index (χ3v) is 4.67. The van der Waals surface area contributed by atoms with Crippen LogP contribution in [0.2, 0.25) is 0 Å². The van der Waals surface area contributed by atoms with Crippen LogP contribution < -0.4 is 5.32 Å². The summed E-state index contributed by atoms with van der Waals surface area (Å²) >= 11 is 0. The fourth-order valence-electron chi connectivity index (χ4n) is 3.42. The molecule has 0 spiro atoms. The molecule has 0 atom stereocenters. The summed E-state index contributed by atoms with van der Waals surface area (Å²) in [5, 5.41) is 15.7. The Morgan fingerprint density at radius 1 is 1.00 bits per heavy atom. The molecule has 1 aromatic heterocycles. The number of aryl methyl sites for hydroxylation is 1. The number of benzene rings is 3. The van der Waals surface area contributed by atoms with Gasteiger partial charge in [-0.25, -0.2) is 0 Å². The van der Waals surface area contributed by atoms with E-state index in [0.717, 1.165) is 28.4 Å².